The van der Waals surface area contributed by atoms with E-state index < -0.39 is 6.10 Å². The van der Waals surface area contributed by atoms with Crippen molar-refractivity contribution in [3.05, 3.63) is 58.3 Å². The summed E-state index contributed by atoms with van der Waals surface area (Å²) >= 11 is 1.53. The van der Waals surface area contributed by atoms with Gasteiger partial charge in [0.2, 0.25) is 5.91 Å². The van der Waals surface area contributed by atoms with Gasteiger partial charge in [0.05, 0.1) is 6.54 Å². The minimum Gasteiger partial charge on any atom is -0.386 e. The molecule has 1 aromatic carbocycles. The molecule has 1 amide bonds. The van der Waals surface area contributed by atoms with Crippen molar-refractivity contribution in [2.24, 2.45) is 5.92 Å². The van der Waals surface area contributed by atoms with Crippen molar-refractivity contribution in [1.82, 2.24) is 10.2 Å². The van der Waals surface area contributed by atoms with Crippen molar-refractivity contribution < 1.29 is 9.90 Å². The second kappa shape index (κ2) is 8.42. The monoisotopic (exact) mass is 344 g/mol. The molecule has 128 valence electrons. The van der Waals surface area contributed by atoms with E-state index in [1.54, 1.807) is 0 Å². The second-order valence-electron chi connectivity index (χ2n) is 6.26. The van der Waals surface area contributed by atoms with E-state index in [1.807, 2.05) is 52.7 Å². The van der Waals surface area contributed by atoms with Gasteiger partial charge in [-0.05, 0) is 42.9 Å². The Labute approximate surface area is 147 Å². The Bertz CT molecular complexity index is 624. The van der Waals surface area contributed by atoms with Crippen LogP contribution in [0.2, 0.25) is 0 Å². The van der Waals surface area contributed by atoms with E-state index >= 15 is 0 Å². The third kappa shape index (κ3) is 4.44. The van der Waals surface area contributed by atoms with Crippen LogP contribution in [-0.2, 0) is 11.3 Å². The number of aliphatic hydroxyl groups excluding tert-OH is 1. The van der Waals surface area contributed by atoms with Gasteiger partial charge >= 0.3 is 0 Å². The maximum absolute atomic E-state index is 13.0. The summed E-state index contributed by atoms with van der Waals surface area (Å²) in [7, 11) is 0. The van der Waals surface area contributed by atoms with E-state index in [-0.39, 0.29) is 11.8 Å². The molecule has 1 atom stereocenters. The van der Waals surface area contributed by atoms with Gasteiger partial charge in [-0.3, -0.25) is 4.79 Å². The van der Waals surface area contributed by atoms with Crippen LogP contribution in [0.3, 0.4) is 0 Å². The first-order valence-electron chi connectivity index (χ1n) is 8.49. The van der Waals surface area contributed by atoms with Gasteiger partial charge in [-0.1, -0.05) is 36.4 Å². The maximum atomic E-state index is 13.0. The van der Waals surface area contributed by atoms with E-state index in [0.717, 1.165) is 36.4 Å². The highest BCUT2D eigenvalue weighted by Crippen LogP contribution is 2.23. The smallest absolute Gasteiger partial charge is 0.226 e. The van der Waals surface area contributed by atoms with Crippen molar-refractivity contribution in [3.63, 3.8) is 0 Å². The van der Waals surface area contributed by atoms with E-state index in [9.17, 15) is 9.90 Å². The molecule has 1 aromatic heterocycles. The van der Waals surface area contributed by atoms with E-state index in [1.165, 1.54) is 11.3 Å². The molecule has 24 heavy (non-hydrogen) atoms. The summed E-state index contributed by atoms with van der Waals surface area (Å²) in [6.07, 6.45) is 1.12. The highest BCUT2D eigenvalue weighted by Gasteiger charge is 2.27. The number of piperidine rings is 1. The number of thiophene rings is 1. The largest absolute Gasteiger partial charge is 0.386 e. The molecular weight excluding hydrogens is 320 g/mol. The van der Waals surface area contributed by atoms with Crippen LogP contribution in [0.1, 0.15) is 29.4 Å². The Morgan fingerprint density at radius 2 is 1.96 bits per heavy atom. The topological polar surface area (TPSA) is 52.6 Å². The number of rotatable bonds is 6. The Morgan fingerprint density at radius 3 is 2.62 bits per heavy atom. The summed E-state index contributed by atoms with van der Waals surface area (Å²) in [6, 6.07) is 13.9. The molecule has 0 bridgehead atoms. The van der Waals surface area contributed by atoms with Crippen LogP contribution in [0.25, 0.3) is 0 Å². The number of amides is 1. The fourth-order valence-electron chi connectivity index (χ4n) is 3.14. The van der Waals surface area contributed by atoms with E-state index in [2.05, 4.69) is 5.32 Å². The predicted octanol–water partition coefficient (Wildman–Crippen LogP) is 2.81. The number of hydrogen-bond donors (Lipinski definition) is 2. The number of nitrogens with one attached hydrogen (secondary N) is 1. The van der Waals surface area contributed by atoms with Crippen LogP contribution in [0.4, 0.5) is 0 Å². The Kier molecular flexibility index (Phi) is 6.01. The van der Waals surface area contributed by atoms with E-state index in [0.29, 0.717) is 13.1 Å². The zero-order valence-corrected chi connectivity index (χ0v) is 14.5. The number of hydrogen-bond acceptors (Lipinski definition) is 4. The van der Waals surface area contributed by atoms with Gasteiger partial charge in [0.15, 0.2) is 0 Å². The Morgan fingerprint density at radius 1 is 1.21 bits per heavy atom. The van der Waals surface area contributed by atoms with Crippen LogP contribution < -0.4 is 5.32 Å². The SMILES string of the molecule is O=C(C1CCNCC1)N(Cc1ccccc1)CC(O)c1cccs1. The molecule has 2 heterocycles. The zero-order valence-electron chi connectivity index (χ0n) is 13.7. The molecule has 1 aliphatic heterocycles. The third-order valence-corrected chi connectivity index (χ3v) is 5.45. The Balaban J connectivity index is 1.73. The summed E-state index contributed by atoms with van der Waals surface area (Å²) in [4.78, 5) is 15.7. The number of nitrogens with zero attached hydrogens (tertiary/aromatic N) is 1. The highest BCUT2D eigenvalue weighted by molar-refractivity contribution is 7.10. The van der Waals surface area contributed by atoms with Gasteiger partial charge in [0.25, 0.3) is 0 Å². The lowest BCUT2D eigenvalue weighted by atomic mass is 9.96. The summed E-state index contributed by atoms with van der Waals surface area (Å²) in [5, 5.41) is 15.8. The molecular formula is C19H24N2O2S. The molecule has 2 aromatic rings. The van der Waals surface area contributed by atoms with Crippen molar-refractivity contribution in [3.8, 4) is 0 Å². The number of carbonyl (C=O) groups is 1. The molecule has 5 heteroatoms. The first kappa shape index (κ1) is 17.1. The molecule has 0 aliphatic carbocycles. The number of aliphatic hydroxyl groups is 1. The quantitative estimate of drug-likeness (QED) is 0.847. The van der Waals surface area contributed by atoms with Gasteiger partial charge in [0, 0.05) is 17.3 Å². The number of carbonyl (C=O) groups excluding carboxylic acids is 1. The summed E-state index contributed by atoms with van der Waals surface area (Å²) in [5.41, 5.74) is 1.10. The van der Waals surface area contributed by atoms with Crippen LogP contribution >= 0.6 is 11.3 Å². The van der Waals surface area contributed by atoms with Gasteiger partial charge < -0.3 is 15.3 Å². The number of benzene rings is 1. The summed E-state index contributed by atoms with van der Waals surface area (Å²) < 4.78 is 0. The lowest BCUT2D eigenvalue weighted by molar-refractivity contribution is -0.138. The molecule has 1 unspecified atom stereocenters. The standard InChI is InChI=1S/C19H24N2O2S/c22-17(18-7-4-12-24-18)14-21(13-15-5-2-1-3-6-15)19(23)16-8-10-20-11-9-16/h1-7,12,16-17,20,22H,8-11,13-14H2. The van der Waals surface area contributed by atoms with Crippen molar-refractivity contribution in [1.29, 1.82) is 0 Å². The second-order valence-corrected chi connectivity index (χ2v) is 7.24. The maximum Gasteiger partial charge on any atom is 0.226 e. The van der Waals surface area contributed by atoms with Gasteiger partial charge in [-0.15, -0.1) is 11.3 Å². The molecule has 1 fully saturated rings. The highest BCUT2D eigenvalue weighted by atomic mass is 32.1. The minimum absolute atomic E-state index is 0.0606. The van der Waals surface area contributed by atoms with Crippen LogP contribution in [0.5, 0.6) is 0 Å². The fraction of sp³-hybridized carbons (Fsp3) is 0.421. The van der Waals surface area contributed by atoms with Gasteiger partial charge in [0.1, 0.15) is 6.10 Å². The van der Waals surface area contributed by atoms with Crippen molar-refractivity contribution in [2.45, 2.75) is 25.5 Å². The lowest BCUT2D eigenvalue weighted by Crippen LogP contribution is -2.42. The normalized spacial score (nSPS) is 16.7. The first-order chi connectivity index (χ1) is 11.7. The molecule has 1 saturated heterocycles. The third-order valence-electron chi connectivity index (χ3n) is 4.48. The van der Waals surface area contributed by atoms with Gasteiger partial charge in [-0.25, -0.2) is 0 Å². The van der Waals surface area contributed by atoms with E-state index in [4.69, 9.17) is 0 Å². The predicted molar refractivity (Wildman–Crippen MR) is 96.7 cm³/mol. The molecule has 0 saturated carbocycles. The fourth-order valence-corrected chi connectivity index (χ4v) is 3.85. The van der Waals surface area contributed by atoms with Crippen molar-refractivity contribution in [2.75, 3.05) is 19.6 Å². The molecule has 0 spiro atoms. The molecule has 3 rings (SSSR count). The molecule has 4 nitrogen and oxygen atoms in total. The minimum atomic E-state index is -0.626. The van der Waals surface area contributed by atoms with Crippen molar-refractivity contribution >= 4 is 17.2 Å². The molecule has 0 radical (unpaired) electrons. The average molecular weight is 344 g/mol. The van der Waals surface area contributed by atoms with Crippen LogP contribution in [0.15, 0.2) is 47.8 Å². The Hall–Kier alpha value is -1.69. The molecule has 2 N–H and O–H groups in total. The van der Waals surface area contributed by atoms with Gasteiger partial charge in [-0.2, -0.15) is 0 Å². The average Bonchev–Trinajstić information content (AvgIpc) is 3.17. The van der Waals surface area contributed by atoms with Crippen LogP contribution in [-0.4, -0.2) is 35.5 Å². The van der Waals surface area contributed by atoms with Crippen LogP contribution in [0, 0.1) is 5.92 Å². The summed E-state index contributed by atoms with van der Waals surface area (Å²) in [6.45, 7) is 2.68. The zero-order chi connectivity index (χ0) is 16.8. The summed E-state index contributed by atoms with van der Waals surface area (Å²) in [5.74, 6) is 0.224. The lowest BCUT2D eigenvalue weighted by Gasteiger charge is -2.31. The first-order valence-corrected chi connectivity index (χ1v) is 9.37. The molecule has 1 aliphatic rings.